The molecule has 5 heteroatoms. The van der Waals surface area contributed by atoms with E-state index >= 15 is 0 Å². The fourth-order valence-electron chi connectivity index (χ4n) is 1.44. The van der Waals surface area contributed by atoms with E-state index in [2.05, 4.69) is 24.9 Å². The van der Waals surface area contributed by atoms with E-state index in [0.717, 1.165) is 22.9 Å². The van der Waals surface area contributed by atoms with Gasteiger partial charge >= 0.3 is 0 Å². The van der Waals surface area contributed by atoms with Gasteiger partial charge in [0.05, 0.1) is 10.6 Å². The number of nitrogen functional groups attached to an aromatic ring is 1. The lowest BCUT2D eigenvalue weighted by Crippen LogP contribution is -2.17. The minimum absolute atomic E-state index is 0.627. The van der Waals surface area contributed by atoms with Crippen LogP contribution in [-0.2, 0) is 0 Å². The normalized spacial score (nSPS) is 10.1. The molecule has 0 fully saturated rings. The molecule has 0 saturated carbocycles. The summed E-state index contributed by atoms with van der Waals surface area (Å²) >= 11 is 3.10. The second-order valence-corrected chi connectivity index (χ2v) is 5.39. The molecule has 0 aliphatic carbocycles. The number of rotatable bonds is 5. The van der Waals surface area contributed by atoms with Crippen molar-refractivity contribution in [3.05, 3.63) is 4.88 Å². The molecular weight excluding hydrogens is 238 g/mol. The van der Waals surface area contributed by atoms with Crippen molar-refractivity contribution in [2.75, 3.05) is 30.5 Å². The first-order valence-corrected chi connectivity index (χ1v) is 7.27. The molecule has 0 amide bonds. The molecule has 1 rings (SSSR count). The van der Waals surface area contributed by atoms with Crippen LogP contribution in [0.4, 0.5) is 10.7 Å². The Bertz CT molecular complexity index is 393. The van der Waals surface area contributed by atoms with Crippen LogP contribution in [-0.4, -0.2) is 19.8 Å². The molecule has 0 saturated heterocycles. The van der Waals surface area contributed by atoms with E-state index in [1.54, 1.807) is 11.8 Å². The first kappa shape index (κ1) is 13.2. The molecule has 0 unspecified atom stereocenters. The van der Waals surface area contributed by atoms with E-state index in [0.29, 0.717) is 10.6 Å². The lowest BCUT2D eigenvalue weighted by Gasteiger charge is -2.18. The number of unbranched alkanes of at least 4 members (excludes halogenated alkanes) is 1. The van der Waals surface area contributed by atoms with Gasteiger partial charge in [-0.25, -0.2) is 0 Å². The fourth-order valence-corrected chi connectivity index (χ4v) is 3.44. The number of thiophene rings is 1. The molecule has 0 atom stereocenters. The van der Waals surface area contributed by atoms with Crippen molar-refractivity contribution >= 4 is 33.8 Å². The van der Waals surface area contributed by atoms with Crippen LogP contribution in [0, 0.1) is 11.3 Å². The molecule has 2 N–H and O–H groups in total. The average Bonchev–Trinajstić information content (AvgIpc) is 2.62. The molecule has 1 aromatic heterocycles. The van der Waals surface area contributed by atoms with Gasteiger partial charge in [-0.15, -0.1) is 23.1 Å². The minimum Gasteiger partial charge on any atom is -0.396 e. The van der Waals surface area contributed by atoms with Gasteiger partial charge in [-0.2, -0.15) is 5.26 Å². The SMILES string of the molecule is CCCCN(C)c1sc(C#N)c(N)c1SC. The van der Waals surface area contributed by atoms with Crippen molar-refractivity contribution < 1.29 is 0 Å². The predicted octanol–water partition coefficient (Wildman–Crippen LogP) is 3.16. The van der Waals surface area contributed by atoms with Crippen LogP contribution in [0.3, 0.4) is 0 Å². The molecule has 1 heterocycles. The molecule has 0 bridgehead atoms. The fraction of sp³-hybridized carbons (Fsp3) is 0.545. The standard InChI is InChI=1S/C11H17N3S2/c1-4-5-6-14(2)11-10(15-3)9(13)8(7-12)16-11/h4-6,13H2,1-3H3. The summed E-state index contributed by atoms with van der Waals surface area (Å²) in [5, 5.41) is 10.1. The highest BCUT2D eigenvalue weighted by Crippen LogP contribution is 2.42. The Morgan fingerprint density at radius 3 is 2.75 bits per heavy atom. The zero-order valence-corrected chi connectivity index (χ0v) is 11.5. The van der Waals surface area contributed by atoms with Crippen molar-refractivity contribution in [1.29, 1.82) is 5.26 Å². The predicted molar refractivity (Wildman–Crippen MR) is 73.4 cm³/mol. The lowest BCUT2D eigenvalue weighted by molar-refractivity contribution is 0.767. The summed E-state index contributed by atoms with van der Waals surface area (Å²) in [5.41, 5.74) is 6.57. The van der Waals surface area contributed by atoms with E-state index < -0.39 is 0 Å². The molecule has 0 radical (unpaired) electrons. The Morgan fingerprint density at radius 1 is 1.56 bits per heavy atom. The van der Waals surface area contributed by atoms with Crippen LogP contribution in [0.2, 0.25) is 0 Å². The Balaban J connectivity index is 2.99. The van der Waals surface area contributed by atoms with Crippen LogP contribution < -0.4 is 10.6 Å². The van der Waals surface area contributed by atoms with Gasteiger partial charge in [0, 0.05) is 13.6 Å². The van der Waals surface area contributed by atoms with Crippen molar-refractivity contribution in [2.24, 2.45) is 0 Å². The van der Waals surface area contributed by atoms with Gasteiger partial charge in [0.15, 0.2) is 0 Å². The van der Waals surface area contributed by atoms with Crippen molar-refractivity contribution in [3.8, 4) is 6.07 Å². The van der Waals surface area contributed by atoms with Crippen molar-refractivity contribution in [3.63, 3.8) is 0 Å². The topological polar surface area (TPSA) is 53.0 Å². The van der Waals surface area contributed by atoms with E-state index in [4.69, 9.17) is 11.0 Å². The van der Waals surface area contributed by atoms with Crippen LogP contribution in [0.25, 0.3) is 0 Å². The summed E-state index contributed by atoms with van der Waals surface area (Å²) in [7, 11) is 2.06. The number of hydrogen-bond donors (Lipinski definition) is 1. The number of thioether (sulfide) groups is 1. The Kier molecular flexibility index (Phi) is 4.97. The molecule has 3 nitrogen and oxygen atoms in total. The average molecular weight is 255 g/mol. The second kappa shape index (κ2) is 6.02. The van der Waals surface area contributed by atoms with Crippen LogP contribution >= 0.6 is 23.1 Å². The first-order chi connectivity index (χ1) is 7.65. The third-order valence-corrected chi connectivity index (χ3v) is 4.56. The van der Waals surface area contributed by atoms with Gasteiger partial charge in [0.25, 0.3) is 0 Å². The molecular formula is C11H17N3S2. The molecule has 0 aromatic carbocycles. The summed E-state index contributed by atoms with van der Waals surface area (Å²) in [5.74, 6) is 0. The summed E-state index contributed by atoms with van der Waals surface area (Å²) in [6.45, 7) is 3.18. The van der Waals surface area contributed by atoms with Gasteiger partial charge in [-0.1, -0.05) is 13.3 Å². The summed E-state index contributed by atoms with van der Waals surface area (Å²) in [4.78, 5) is 3.86. The first-order valence-electron chi connectivity index (χ1n) is 5.23. The molecule has 16 heavy (non-hydrogen) atoms. The van der Waals surface area contributed by atoms with Gasteiger partial charge < -0.3 is 10.6 Å². The number of nitriles is 1. The van der Waals surface area contributed by atoms with Crippen LogP contribution in [0.5, 0.6) is 0 Å². The minimum atomic E-state index is 0.627. The summed E-state index contributed by atoms with van der Waals surface area (Å²) < 4.78 is 0. The Hall–Kier alpha value is -0.860. The number of hydrogen-bond acceptors (Lipinski definition) is 5. The molecule has 0 aliphatic rings. The second-order valence-electron chi connectivity index (χ2n) is 3.57. The number of nitrogens with two attached hydrogens (primary N) is 1. The van der Waals surface area contributed by atoms with Gasteiger partial charge in [0.1, 0.15) is 15.9 Å². The highest BCUT2D eigenvalue weighted by Gasteiger charge is 2.17. The number of anilines is 2. The smallest absolute Gasteiger partial charge is 0.131 e. The van der Waals surface area contributed by atoms with Crippen molar-refractivity contribution in [1.82, 2.24) is 0 Å². The molecule has 0 spiro atoms. The highest BCUT2D eigenvalue weighted by molar-refractivity contribution is 7.99. The maximum Gasteiger partial charge on any atom is 0.131 e. The highest BCUT2D eigenvalue weighted by atomic mass is 32.2. The van der Waals surface area contributed by atoms with Gasteiger partial charge in [-0.05, 0) is 12.7 Å². The molecule has 88 valence electrons. The van der Waals surface area contributed by atoms with E-state index in [1.165, 1.54) is 17.8 Å². The lowest BCUT2D eigenvalue weighted by atomic mass is 10.3. The Morgan fingerprint density at radius 2 is 2.25 bits per heavy atom. The molecule has 0 aliphatic heterocycles. The monoisotopic (exact) mass is 255 g/mol. The maximum absolute atomic E-state index is 8.96. The number of nitrogens with zero attached hydrogens (tertiary/aromatic N) is 2. The largest absolute Gasteiger partial charge is 0.396 e. The van der Waals surface area contributed by atoms with E-state index in [1.807, 2.05) is 6.26 Å². The summed E-state index contributed by atoms with van der Waals surface area (Å²) in [6, 6.07) is 2.15. The van der Waals surface area contributed by atoms with Crippen LogP contribution in [0.1, 0.15) is 24.6 Å². The third-order valence-electron chi connectivity index (χ3n) is 2.38. The van der Waals surface area contributed by atoms with E-state index in [9.17, 15) is 0 Å². The van der Waals surface area contributed by atoms with Gasteiger partial charge in [0.2, 0.25) is 0 Å². The molecule has 1 aromatic rings. The van der Waals surface area contributed by atoms with Crippen molar-refractivity contribution in [2.45, 2.75) is 24.7 Å². The van der Waals surface area contributed by atoms with Crippen LogP contribution in [0.15, 0.2) is 4.90 Å². The maximum atomic E-state index is 8.96. The third kappa shape index (κ3) is 2.63. The van der Waals surface area contributed by atoms with Gasteiger partial charge in [-0.3, -0.25) is 0 Å². The summed E-state index contributed by atoms with van der Waals surface area (Å²) in [6.07, 6.45) is 4.33. The van der Waals surface area contributed by atoms with E-state index in [-0.39, 0.29) is 0 Å². The zero-order valence-electron chi connectivity index (χ0n) is 9.91. The quantitative estimate of drug-likeness (QED) is 0.821. The zero-order chi connectivity index (χ0) is 12.1. The Labute approximate surface area is 105 Å².